The van der Waals surface area contributed by atoms with Gasteiger partial charge in [0.15, 0.2) is 0 Å². The highest BCUT2D eigenvalue weighted by Gasteiger charge is 2.32. The molecular formula is C13H17NO6S. The maximum absolute atomic E-state index is 11.9. The molecule has 1 aromatic carbocycles. The molecule has 0 saturated heterocycles. The molecule has 0 spiro atoms. The summed E-state index contributed by atoms with van der Waals surface area (Å²) < 4.78 is 30.5. The van der Waals surface area contributed by atoms with E-state index in [1.165, 1.54) is 45.2 Å². The van der Waals surface area contributed by atoms with Crippen LogP contribution < -0.4 is 4.72 Å². The molecule has 21 heavy (non-hydrogen) atoms. The van der Waals surface area contributed by atoms with Gasteiger partial charge in [-0.1, -0.05) is 12.1 Å². The third-order valence-electron chi connectivity index (χ3n) is 2.68. The quantitative estimate of drug-likeness (QED) is 0.750. The van der Waals surface area contributed by atoms with Crippen molar-refractivity contribution in [2.24, 2.45) is 0 Å². The van der Waals surface area contributed by atoms with Crippen LogP contribution in [0.1, 0.15) is 29.8 Å². The Bertz CT molecular complexity index is 633. The Morgan fingerprint density at radius 2 is 1.76 bits per heavy atom. The fourth-order valence-electron chi connectivity index (χ4n) is 1.54. The molecule has 7 nitrogen and oxygen atoms in total. The second-order valence-electron chi connectivity index (χ2n) is 4.98. The lowest BCUT2D eigenvalue weighted by molar-refractivity contribution is -0.142. The smallest absolute Gasteiger partial charge is 0.337 e. The fraction of sp³-hybridized carbons (Fsp3) is 0.385. The Morgan fingerprint density at radius 1 is 1.24 bits per heavy atom. The van der Waals surface area contributed by atoms with E-state index in [2.05, 4.69) is 9.46 Å². The number of carboxylic acid groups (broad SMARTS) is 1. The topological polar surface area (TPSA) is 110 Å². The molecular weight excluding hydrogens is 298 g/mol. The summed E-state index contributed by atoms with van der Waals surface area (Å²) in [6.45, 7) is 2.51. The van der Waals surface area contributed by atoms with E-state index < -0.39 is 27.5 Å². The summed E-state index contributed by atoms with van der Waals surface area (Å²) in [4.78, 5) is 22.2. The van der Waals surface area contributed by atoms with Crippen molar-refractivity contribution in [1.82, 2.24) is 4.72 Å². The number of benzene rings is 1. The Morgan fingerprint density at radius 3 is 2.19 bits per heavy atom. The normalized spacial score (nSPS) is 12.0. The van der Waals surface area contributed by atoms with Gasteiger partial charge < -0.3 is 9.84 Å². The minimum absolute atomic E-state index is 0.303. The molecule has 0 radical (unpaired) electrons. The molecule has 0 unspecified atom stereocenters. The Kier molecular flexibility index (Phi) is 5.08. The average Bonchev–Trinajstić information content (AvgIpc) is 2.36. The van der Waals surface area contributed by atoms with Gasteiger partial charge in [-0.15, -0.1) is 0 Å². The van der Waals surface area contributed by atoms with Crippen LogP contribution in [0, 0.1) is 0 Å². The lowest BCUT2D eigenvalue weighted by Crippen LogP contribution is -2.49. The van der Waals surface area contributed by atoms with Crippen LogP contribution in [-0.4, -0.2) is 38.1 Å². The van der Waals surface area contributed by atoms with E-state index in [4.69, 9.17) is 5.11 Å². The molecule has 0 aliphatic rings. The summed E-state index contributed by atoms with van der Waals surface area (Å²) >= 11 is 0. The maximum Gasteiger partial charge on any atom is 0.337 e. The molecule has 1 aromatic rings. The van der Waals surface area contributed by atoms with Crippen LogP contribution in [0.15, 0.2) is 24.3 Å². The number of nitrogens with one attached hydrogen (secondary N) is 1. The van der Waals surface area contributed by atoms with E-state index in [1.807, 2.05) is 0 Å². The van der Waals surface area contributed by atoms with Crippen LogP contribution in [0.4, 0.5) is 0 Å². The van der Waals surface area contributed by atoms with Gasteiger partial charge >= 0.3 is 11.9 Å². The molecule has 2 N–H and O–H groups in total. The Labute approximate surface area is 123 Å². The summed E-state index contributed by atoms with van der Waals surface area (Å²) in [6.07, 6.45) is 0. The van der Waals surface area contributed by atoms with E-state index in [-0.39, 0.29) is 5.75 Å². The van der Waals surface area contributed by atoms with Crippen molar-refractivity contribution in [1.29, 1.82) is 0 Å². The molecule has 1 rings (SSSR count). The molecule has 0 aromatic heterocycles. The van der Waals surface area contributed by atoms with Gasteiger partial charge in [0.25, 0.3) is 0 Å². The predicted molar refractivity (Wildman–Crippen MR) is 75.3 cm³/mol. The van der Waals surface area contributed by atoms with E-state index in [0.29, 0.717) is 11.1 Å². The van der Waals surface area contributed by atoms with Gasteiger partial charge in [0.2, 0.25) is 10.0 Å². The van der Waals surface area contributed by atoms with Crippen molar-refractivity contribution >= 4 is 22.0 Å². The number of rotatable bonds is 6. The van der Waals surface area contributed by atoms with Gasteiger partial charge in [-0.25, -0.2) is 13.2 Å². The minimum Gasteiger partial charge on any atom is -0.480 e. The maximum atomic E-state index is 11.9. The van der Waals surface area contributed by atoms with Crippen LogP contribution in [0.25, 0.3) is 0 Å². The monoisotopic (exact) mass is 315 g/mol. The minimum atomic E-state index is -3.82. The molecule has 8 heteroatoms. The molecule has 0 bridgehead atoms. The molecule has 0 atom stereocenters. The summed E-state index contributed by atoms with van der Waals surface area (Å²) in [5.41, 5.74) is -0.862. The second-order valence-corrected chi connectivity index (χ2v) is 6.70. The van der Waals surface area contributed by atoms with E-state index in [1.54, 1.807) is 0 Å². The first-order valence-corrected chi connectivity index (χ1v) is 7.65. The second kappa shape index (κ2) is 6.23. The molecule has 0 fully saturated rings. The highest BCUT2D eigenvalue weighted by atomic mass is 32.2. The largest absolute Gasteiger partial charge is 0.480 e. The zero-order valence-electron chi connectivity index (χ0n) is 11.9. The molecule has 0 aliphatic carbocycles. The van der Waals surface area contributed by atoms with Crippen molar-refractivity contribution in [2.75, 3.05) is 7.11 Å². The zero-order chi connectivity index (χ0) is 16.3. The summed E-state index contributed by atoms with van der Waals surface area (Å²) in [7, 11) is -2.57. The number of carbonyl (C=O) groups is 2. The van der Waals surface area contributed by atoms with Crippen LogP contribution in [0.2, 0.25) is 0 Å². The van der Waals surface area contributed by atoms with Crippen molar-refractivity contribution in [3.8, 4) is 0 Å². The number of hydrogen-bond donors (Lipinski definition) is 2. The lowest BCUT2D eigenvalue weighted by atomic mass is 10.1. The van der Waals surface area contributed by atoms with Crippen LogP contribution in [0.3, 0.4) is 0 Å². The van der Waals surface area contributed by atoms with Crippen LogP contribution >= 0.6 is 0 Å². The fourth-order valence-corrected chi connectivity index (χ4v) is 3.11. The Balaban J connectivity index is 2.85. The molecule has 116 valence electrons. The van der Waals surface area contributed by atoms with Gasteiger partial charge in [-0.05, 0) is 31.5 Å². The number of hydrogen-bond acceptors (Lipinski definition) is 5. The number of methoxy groups -OCH3 is 1. The van der Waals surface area contributed by atoms with Crippen molar-refractivity contribution in [2.45, 2.75) is 25.1 Å². The van der Waals surface area contributed by atoms with Gasteiger partial charge in [-0.3, -0.25) is 4.79 Å². The number of ether oxygens (including phenoxy) is 1. The molecule has 0 amide bonds. The average molecular weight is 315 g/mol. The first-order chi connectivity index (χ1) is 9.57. The van der Waals surface area contributed by atoms with Crippen molar-refractivity contribution < 1.29 is 27.9 Å². The zero-order valence-corrected chi connectivity index (χ0v) is 12.7. The predicted octanol–water partition coefficient (Wildman–Crippen LogP) is 0.756. The summed E-state index contributed by atoms with van der Waals surface area (Å²) in [5, 5.41) is 8.92. The number of carbonyl (C=O) groups excluding carboxylic acids is 1. The SMILES string of the molecule is COC(=O)c1ccc(CS(=O)(=O)NC(C)(C)C(=O)O)cc1. The summed E-state index contributed by atoms with van der Waals surface area (Å²) in [5.74, 6) is -2.17. The standard InChI is InChI=1S/C13H17NO6S/c1-13(2,12(16)17)14-21(18,19)8-9-4-6-10(7-5-9)11(15)20-3/h4-7,14H,8H2,1-3H3,(H,16,17). The number of esters is 1. The van der Waals surface area contributed by atoms with Crippen molar-refractivity contribution in [3.63, 3.8) is 0 Å². The van der Waals surface area contributed by atoms with E-state index in [9.17, 15) is 18.0 Å². The Hall–Kier alpha value is -1.93. The molecule has 0 saturated carbocycles. The lowest BCUT2D eigenvalue weighted by Gasteiger charge is -2.20. The molecule has 0 aliphatic heterocycles. The first-order valence-electron chi connectivity index (χ1n) is 6.00. The summed E-state index contributed by atoms with van der Waals surface area (Å²) in [6, 6.07) is 5.83. The van der Waals surface area contributed by atoms with E-state index >= 15 is 0 Å². The third-order valence-corrected chi connectivity index (χ3v) is 4.21. The highest BCUT2D eigenvalue weighted by molar-refractivity contribution is 7.88. The number of aliphatic carboxylic acids is 1. The van der Waals surface area contributed by atoms with Gasteiger partial charge in [0, 0.05) is 0 Å². The van der Waals surface area contributed by atoms with Crippen LogP contribution in [-0.2, 0) is 25.3 Å². The third kappa shape index (κ3) is 4.83. The number of sulfonamides is 1. The van der Waals surface area contributed by atoms with Crippen molar-refractivity contribution in [3.05, 3.63) is 35.4 Å². The van der Waals surface area contributed by atoms with Gasteiger partial charge in [0.05, 0.1) is 18.4 Å². The molecule has 0 heterocycles. The van der Waals surface area contributed by atoms with Gasteiger partial charge in [-0.2, -0.15) is 4.72 Å². The first kappa shape index (κ1) is 17.1. The van der Waals surface area contributed by atoms with E-state index in [0.717, 1.165) is 0 Å². The van der Waals surface area contributed by atoms with Gasteiger partial charge in [0.1, 0.15) is 5.54 Å². The highest BCUT2D eigenvalue weighted by Crippen LogP contribution is 2.12. The van der Waals surface area contributed by atoms with Crippen LogP contribution in [0.5, 0.6) is 0 Å². The number of carboxylic acids is 1.